The van der Waals surface area contributed by atoms with Gasteiger partial charge < -0.3 is 5.32 Å². The summed E-state index contributed by atoms with van der Waals surface area (Å²) in [5.41, 5.74) is 0. The summed E-state index contributed by atoms with van der Waals surface area (Å²) in [6.45, 7) is 4.93. The summed E-state index contributed by atoms with van der Waals surface area (Å²) in [6, 6.07) is 0.457. The first kappa shape index (κ1) is 12.2. The minimum Gasteiger partial charge on any atom is -0.314 e. The lowest BCUT2D eigenvalue weighted by atomic mass is 10.1. The van der Waals surface area contributed by atoms with Gasteiger partial charge in [-0.1, -0.05) is 13.8 Å². The number of carbonyl (C=O) groups excluding carboxylic acids is 1. The summed E-state index contributed by atoms with van der Waals surface area (Å²) in [5.74, 6) is 2.84. The second-order valence-electron chi connectivity index (χ2n) is 3.46. The summed E-state index contributed by atoms with van der Waals surface area (Å²) >= 11 is 0. The van der Waals surface area contributed by atoms with Gasteiger partial charge in [0.05, 0.1) is 0 Å². The standard InChI is InChI=1S/C11H19NO/c1-4-5-6-7-11(13)8-9-12-10(2)3/h1,10,12H,5-9H2,2-3H3. The number of terminal acetylenes is 1. The molecule has 0 fully saturated rings. The normalized spacial score (nSPS) is 10.0. The molecule has 0 aliphatic heterocycles. The highest BCUT2D eigenvalue weighted by Crippen LogP contribution is 1.97. The van der Waals surface area contributed by atoms with Crippen LogP contribution in [0.3, 0.4) is 0 Å². The first-order valence-corrected chi connectivity index (χ1v) is 4.85. The number of carbonyl (C=O) groups is 1. The van der Waals surface area contributed by atoms with Crippen LogP contribution < -0.4 is 5.32 Å². The summed E-state index contributed by atoms with van der Waals surface area (Å²) in [6.07, 6.45) is 7.88. The van der Waals surface area contributed by atoms with Crippen molar-refractivity contribution in [1.82, 2.24) is 5.32 Å². The molecule has 0 unspecified atom stereocenters. The van der Waals surface area contributed by atoms with Crippen molar-refractivity contribution in [2.45, 2.75) is 45.6 Å². The van der Waals surface area contributed by atoms with E-state index in [1.807, 2.05) is 0 Å². The van der Waals surface area contributed by atoms with Crippen LogP contribution in [-0.2, 0) is 4.79 Å². The van der Waals surface area contributed by atoms with Crippen LogP contribution in [-0.4, -0.2) is 18.4 Å². The van der Waals surface area contributed by atoms with Gasteiger partial charge in [-0.05, 0) is 6.42 Å². The van der Waals surface area contributed by atoms with Crippen molar-refractivity contribution in [2.24, 2.45) is 0 Å². The van der Waals surface area contributed by atoms with Gasteiger partial charge in [0.25, 0.3) is 0 Å². The van der Waals surface area contributed by atoms with E-state index in [0.29, 0.717) is 31.1 Å². The van der Waals surface area contributed by atoms with Crippen molar-refractivity contribution < 1.29 is 4.79 Å². The van der Waals surface area contributed by atoms with Crippen LogP contribution in [0.2, 0.25) is 0 Å². The zero-order valence-electron chi connectivity index (χ0n) is 8.60. The predicted molar refractivity (Wildman–Crippen MR) is 55.4 cm³/mol. The average Bonchev–Trinajstić information content (AvgIpc) is 2.04. The topological polar surface area (TPSA) is 29.1 Å². The molecule has 2 heteroatoms. The zero-order valence-corrected chi connectivity index (χ0v) is 8.60. The predicted octanol–water partition coefficient (Wildman–Crippen LogP) is 1.75. The van der Waals surface area contributed by atoms with Crippen molar-refractivity contribution in [3.63, 3.8) is 0 Å². The van der Waals surface area contributed by atoms with E-state index in [-0.39, 0.29) is 0 Å². The first-order valence-electron chi connectivity index (χ1n) is 4.85. The molecule has 0 rings (SSSR count). The Kier molecular flexibility index (Phi) is 7.33. The van der Waals surface area contributed by atoms with Crippen molar-refractivity contribution in [2.75, 3.05) is 6.54 Å². The lowest BCUT2D eigenvalue weighted by molar-refractivity contribution is -0.119. The number of rotatable bonds is 7. The van der Waals surface area contributed by atoms with Gasteiger partial charge in [-0.3, -0.25) is 4.79 Å². The number of unbranched alkanes of at least 4 members (excludes halogenated alkanes) is 1. The van der Waals surface area contributed by atoms with Gasteiger partial charge in [-0.25, -0.2) is 0 Å². The van der Waals surface area contributed by atoms with Gasteiger partial charge in [0.15, 0.2) is 0 Å². The molecule has 0 aliphatic rings. The van der Waals surface area contributed by atoms with E-state index in [4.69, 9.17) is 6.42 Å². The maximum Gasteiger partial charge on any atom is 0.134 e. The minimum absolute atomic E-state index is 0.309. The monoisotopic (exact) mass is 181 g/mol. The molecular formula is C11H19NO. The highest BCUT2D eigenvalue weighted by Gasteiger charge is 2.01. The molecule has 13 heavy (non-hydrogen) atoms. The van der Waals surface area contributed by atoms with Crippen LogP contribution in [0.1, 0.15) is 39.5 Å². The van der Waals surface area contributed by atoms with Crippen molar-refractivity contribution >= 4 is 5.78 Å². The lowest BCUT2D eigenvalue weighted by Crippen LogP contribution is -2.25. The molecular weight excluding hydrogens is 162 g/mol. The third-order valence-corrected chi connectivity index (χ3v) is 1.73. The Hall–Kier alpha value is -0.810. The fourth-order valence-electron chi connectivity index (χ4n) is 1.01. The van der Waals surface area contributed by atoms with E-state index in [2.05, 4.69) is 25.1 Å². The Morgan fingerprint density at radius 2 is 2.15 bits per heavy atom. The Morgan fingerprint density at radius 3 is 2.69 bits per heavy atom. The summed E-state index contributed by atoms with van der Waals surface area (Å²) in [5, 5.41) is 3.21. The fraction of sp³-hybridized carbons (Fsp3) is 0.727. The first-order chi connectivity index (χ1) is 6.16. The zero-order chi connectivity index (χ0) is 10.1. The molecule has 0 aliphatic carbocycles. The van der Waals surface area contributed by atoms with Gasteiger partial charge in [-0.2, -0.15) is 0 Å². The van der Waals surface area contributed by atoms with Gasteiger partial charge in [0.2, 0.25) is 0 Å². The molecule has 0 saturated heterocycles. The lowest BCUT2D eigenvalue weighted by Gasteiger charge is -2.06. The molecule has 1 N–H and O–H groups in total. The largest absolute Gasteiger partial charge is 0.314 e. The van der Waals surface area contributed by atoms with Crippen molar-refractivity contribution in [3.8, 4) is 12.3 Å². The van der Waals surface area contributed by atoms with Crippen LogP contribution in [0.25, 0.3) is 0 Å². The second kappa shape index (κ2) is 7.82. The van der Waals surface area contributed by atoms with Crippen LogP contribution in [0.15, 0.2) is 0 Å². The Bertz CT molecular complexity index is 179. The second-order valence-corrected chi connectivity index (χ2v) is 3.46. The maximum atomic E-state index is 11.2. The fourth-order valence-corrected chi connectivity index (χ4v) is 1.01. The highest BCUT2D eigenvalue weighted by atomic mass is 16.1. The number of nitrogens with one attached hydrogen (secondary N) is 1. The van der Waals surface area contributed by atoms with E-state index in [0.717, 1.165) is 13.0 Å². The molecule has 0 atom stereocenters. The van der Waals surface area contributed by atoms with Crippen LogP contribution >= 0.6 is 0 Å². The highest BCUT2D eigenvalue weighted by molar-refractivity contribution is 5.78. The maximum absolute atomic E-state index is 11.2. The molecule has 0 saturated carbocycles. The van der Waals surface area contributed by atoms with Crippen LogP contribution in [0.4, 0.5) is 0 Å². The molecule has 74 valence electrons. The third kappa shape index (κ3) is 9.10. The number of hydrogen-bond acceptors (Lipinski definition) is 2. The van der Waals surface area contributed by atoms with Crippen LogP contribution in [0, 0.1) is 12.3 Å². The minimum atomic E-state index is 0.309. The Labute approximate surface area is 81.1 Å². The molecule has 0 aromatic carbocycles. The number of Topliss-reactive ketones (excluding diaryl/α,β-unsaturated/α-hetero) is 1. The SMILES string of the molecule is C#CCCCC(=O)CCNC(C)C. The van der Waals surface area contributed by atoms with Crippen LogP contribution in [0.5, 0.6) is 0 Å². The molecule has 0 heterocycles. The summed E-state index contributed by atoms with van der Waals surface area (Å²) in [7, 11) is 0. The van der Waals surface area contributed by atoms with Gasteiger partial charge in [-0.15, -0.1) is 12.3 Å². The molecule has 2 nitrogen and oxygen atoms in total. The van der Waals surface area contributed by atoms with Gasteiger partial charge >= 0.3 is 0 Å². The van der Waals surface area contributed by atoms with E-state index < -0.39 is 0 Å². The van der Waals surface area contributed by atoms with Crippen molar-refractivity contribution in [1.29, 1.82) is 0 Å². The third-order valence-electron chi connectivity index (χ3n) is 1.73. The molecule has 0 bridgehead atoms. The molecule has 0 aromatic rings. The van der Waals surface area contributed by atoms with Crippen molar-refractivity contribution in [3.05, 3.63) is 0 Å². The molecule has 0 spiro atoms. The Balaban J connectivity index is 3.26. The average molecular weight is 181 g/mol. The van der Waals surface area contributed by atoms with E-state index >= 15 is 0 Å². The molecule has 0 radical (unpaired) electrons. The molecule has 0 aromatic heterocycles. The number of hydrogen-bond donors (Lipinski definition) is 1. The smallest absolute Gasteiger partial charge is 0.134 e. The van der Waals surface area contributed by atoms with Gasteiger partial charge in [0.1, 0.15) is 5.78 Å². The number of ketones is 1. The summed E-state index contributed by atoms with van der Waals surface area (Å²) in [4.78, 5) is 11.2. The molecule has 0 amide bonds. The quantitative estimate of drug-likeness (QED) is 0.479. The van der Waals surface area contributed by atoms with E-state index in [9.17, 15) is 4.79 Å². The summed E-state index contributed by atoms with van der Waals surface area (Å²) < 4.78 is 0. The Morgan fingerprint density at radius 1 is 1.46 bits per heavy atom. The van der Waals surface area contributed by atoms with E-state index in [1.54, 1.807) is 0 Å². The van der Waals surface area contributed by atoms with Gasteiger partial charge in [0, 0.05) is 31.8 Å². The van der Waals surface area contributed by atoms with E-state index in [1.165, 1.54) is 0 Å².